The highest BCUT2D eigenvalue weighted by Gasteiger charge is 2.21. The summed E-state index contributed by atoms with van der Waals surface area (Å²) in [4.78, 5) is 18.8. The SMILES string of the molecule is COCCCNC(=O)N1CCN(CCN2CCOCC2)CC1. The fraction of sp³-hybridized carbons (Fsp3) is 0.933. The maximum Gasteiger partial charge on any atom is 0.317 e. The third kappa shape index (κ3) is 6.08. The second kappa shape index (κ2) is 9.99. The number of rotatable bonds is 7. The highest BCUT2D eigenvalue weighted by atomic mass is 16.5. The lowest BCUT2D eigenvalue weighted by atomic mass is 10.3. The lowest BCUT2D eigenvalue weighted by molar-refractivity contribution is 0.0309. The normalized spacial score (nSPS) is 21.0. The fourth-order valence-electron chi connectivity index (χ4n) is 2.81. The minimum atomic E-state index is 0.0592. The van der Waals surface area contributed by atoms with Crippen molar-refractivity contribution in [2.24, 2.45) is 0 Å². The molecule has 0 saturated carbocycles. The van der Waals surface area contributed by atoms with Gasteiger partial charge in [-0.2, -0.15) is 0 Å². The average Bonchev–Trinajstić information content (AvgIpc) is 2.58. The molecule has 2 rings (SSSR count). The molecule has 2 amide bonds. The van der Waals surface area contributed by atoms with Crippen LogP contribution < -0.4 is 5.32 Å². The molecule has 2 saturated heterocycles. The molecule has 22 heavy (non-hydrogen) atoms. The maximum atomic E-state index is 12.0. The van der Waals surface area contributed by atoms with Crippen molar-refractivity contribution >= 4 is 6.03 Å². The van der Waals surface area contributed by atoms with Gasteiger partial charge in [-0.25, -0.2) is 4.79 Å². The summed E-state index contributed by atoms with van der Waals surface area (Å²) in [6, 6.07) is 0.0592. The van der Waals surface area contributed by atoms with Crippen molar-refractivity contribution in [1.82, 2.24) is 20.0 Å². The lowest BCUT2D eigenvalue weighted by Gasteiger charge is -2.36. The number of amides is 2. The van der Waals surface area contributed by atoms with Crippen LogP contribution in [0.5, 0.6) is 0 Å². The molecule has 7 nitrogen and oxygen atoms in total. The standard InChI is InChI=1S/C15H30N4O3/c1-21-12-2-3-16-15(20)19-8-6-17(7-9-19)4-5-18-10-13-22-14-11-18/h2-14H2,1H3,(H,16,20). The number of nitrogens with zero attached hydrogens (tertiary/aromatic N) is 3. The van der Waals surface area contributed by atoms with Gasteiger partial charge < -0.3 is 19.7 Å². The van der Waals surface area contributed by atoms with Crippen LogP contribution in [-0.2, 0) is 9.47 Å². The van der Waals surface area contributed by atoms with Gasteiger partial charge in [-0.3, -0.25) is 9.80 Å². The summed E-state index contributed by atoms with van der Waals surface area (Å²) in [6.45, 7) is 10.9. The van der Waals surface area contributed by atoms with Crippen molar-refractivity contribution in [3.63, 3.8) is 0 Å². The molecule has 0 bridgehead atoms. The molecule has 1 N–H and O–H groups in total. The van der Waals surface area contributed by atoms with E-state index < -0.39 is 0 Å². The van der Waals surface area contributed by atoms with Crippen LogP contribution in [0, 0.1) is 0 Å². The number of hydrogen-bond acceptors (Lipinski definition) is 5. The number of carbonyl (C=O) groups is 1. The van der Waals surface area contributed by atoms with Crippen molar-refractivity contribution < 1.29 is 14.3 Å². The van der Waals surface area contributed by atoms with Gasteiger partial charge in [-0.1, -0.05) is 0 Å². The van der Waals surface area contributed by atoms with E-state index in [1.807, 2.05) is 4.90 Å². The van der Waals surface area contributed by atoms with Gasteiger partial charge in [-0.15, -0.1) is 0 Å². The third-order valence-corrected chi connectivity index (χ3v) is 4.30. The first-order valence-electron chi connectivity index (χ1n) is 8.34. The number of ether oxygens (including phenoxy) is 2. The van der Waals surface area contributed by atoms with Crippen LogP contribution in [-0.4, -0.2) is 107 Å². The Balaban J connectivity index is 1.55. The average molecular weight is 314 g/mol. The van der Waals surface area contributed by atoms with E-state index in [9.17, 15) is 4.79 Å². The Morgan fingerprint density at radius 2 is 1.68 bits per heavy atom. The van der Waals surface area contributed by atoms with Crippen LogP contribution >= 0.6 is 0 Å². The van der Waals surface area contributed by atoms with E-state index in [1.165, 1.54) is 0 Å². The molecule has 0 radical (unpaired) electrons. The van der Waals surface area contributed by atoms with Gasteiger partial charge in [0, 0.05) is 72.6 Å². The van der Waals surface area contributed by atoms with Crippen LogP contribution in [0.4, 0.5) is 4.79 Å². The Morgan fingerprint density at radius 3 is 2.32 bits per heavy atom. The third-order valence-electron chi connectivity index (χ3n) is 4.30. The van der Waals surface area contributed by atoms with Gasteiger partial charge in [0.15, 0.2) is 0 Å². The molecule has 0 aliphatic carbocycles. The summed E-state index contributed by atoms with van der Waals surface area (Å²) in [5.41, 5.74) is 0. The van der Waals surface area contributed by atoms with Crippen LogP contribution in [0.15, 0.2) is 0 Å². The zero-order valence-electron chi connectivity index (χ0n) is 13.8. The summed E-state index contributed by atoms with van der Waals surface area (Å²) in [5.74, 6) is 0. The van der Waals surface area contributed by atoms with Crippen molar-refractivity contribution in [3.05, 3.63) is 0 Å². The molecule has 0 aromatic carbocycles. The molecule has 2 heterocycles. The lowest BCUT2D eigenvalue weighted by Crippen LogP contribution is -2.53. The quantitative estimate of drug-likeness (QED) is 0.653. The predicted octanol–water partition coefficient (Wildman–Crippen LogP) is -0.318. The van der Waals surface area contributed by atoms with Gasteiger partial charge in [0.2, 0.25) is 0 Å². The highest BCUT2D eigenvalue weighted by molar-refractivity contribution is 5.74. The van der Waals surface area contributed by atoms with Crippen molar-refractivity contribution in [1.29, 1.82) is 0 Å². The largest absolute Gasteiger partial charge is 0.385 e. The van der Waals surface area contributed by atoms with E-state index in [-0.39, 0.29) is 6.03 Å². The topological polar surface area (TPSA) is 57.3 Å². The van der Waals surface area contributed by atoms with Gasteiger partial charge in [0.05, 0.1) is 13.2 Å². The van der Waals surface area contributed by atoms with Gasteiger partial charge in [-0.05, 0) is 6.42 Å². The number of nitrogens with one attached hydrogen (secondary N) is 1. The molecule has 2 aliphatic heterocycles. The molecule has 2 aliphatic rings. The molecule has 7 heteroatoms. The van der Waals surface area contributed by atoms with Gasteiger partial charge in [0.25, 0.3) is 0 Å². The minimum absolute atomic E-state index is 0.0592. The predicted molar refractivity (Wildman–Crippen MR) is 85.2 cm³/mol. The fourth-order valence-corrected chi connectivity index (χ4v) is 2.81. The molecular formula is C15H30N4O3. The van der Waals surface area contributed by atoms with Crippen LogP contribution in [0.3, 0.4) is 0 Å². The first-order valence-corrected chi connectivity index (χ1v) is 8.34. The van der Waals surface area contributed by atoms with Crippen molar-refractivity contribution in [3.8, 4) is 0 Å². The van der Waals surface area contributed by atoms with E-state index in [4.69, 9.17) is 9.47 Å². The molecular weight excluding hydrogens is 284 g/mol. The Bertz CT molecular complexity index is 316. The zero-order valence-corrected chi connectivity index (χ0v) is 13.8. The molecule has 0 aromatic heterocycles. The highest BCUT2D eigenvalue weighted by Crippen LogP contribution is 2.03. The first kappa shape index (κ1) is 17.5. The summed E-state index contributed by atoms with van der Waals surface area (Å²) in [7, 11) is 1.68. The molecule has 0 aromatic rings. The van der Waals surface area contributed by atoms with Crippen LogP contribution in [0.1, 0.15) is 6.42 Å². The number of urea groups is 1. The zero-order chi connectivity index (χ0) is 15.6. The smallest absolute Gasteiger partial charge is 0.317 e. The Morgan fingerprint density at radius 1 is 1.05 bits per heavy atom. The van der Waals surface area contributed by atoms with Crippen LogP contribution in [0.2, 0.25) is 0 Å². The Kier molecular flexibility index (Phi) is 7.93. The maximum absolute atomic E-state index is 12.0. The van der Waals surface area contributed by atoms with Crippen molar-refractivity contribution in [2.75, 3.05) is 85.8 Å². The second-order valence-corrected chi connectivity index (χ2v) is 5.86. The van der Waals surface area contributed by atoms with E-state index in [0.717, 1.165) is 72.0 Å². The van der Waals surface area contributed by atoms with Gasteiger partial charge in [0.1, 0.15) is 0 Å². The number of piperazine rings is 1. The summed E-state index contributed by atoms with van der Waals surface area (Å²) >= 11 is 0. The summed E-state index contributed by atoms with van der Waals surface area (Å²) in [6.07, 6.45) is 0.863. The molecule has 0 atom stereocenters. The minimum Gasteiger partial charge on any atom is -0.385 e. The Hall–Kier alpha value is -0.890. The Labute approximate surface area is 133 Å². The first-order chi connectivity index (χ1) is 10.8. The van der Waals surface area contributed by atoms with E-state index in [0.29, 0.717) is 13.2 Å². The van der Waals surface area contributed by atoms with Crippen molar-refractivity contribution in [2.45, 2.75) is 6.42 Å². The molecule has 0 unspecified atom stereocenters. The molecule has 2 fully saturated rings. The second-order valence-electron chi connectivity index (χ2n) is 5.86. The monoisotopic (exact) mass is 314 g/mol. The molecule has 0 spiro atoms. The summed E-state index contributed by atoms with van der Waals surface area (Å²) < 4.78 is 10.3. The summed E-state index contributed by atoms with van der Waals surface area (Å²) in [5, 5.41) is 2.95. The molecule has 128 valence electrons. The van der Waals surface area contributed by atoms with E-state index in [2.05, 4.69) is 15.1 Å². The van der Waals surface area contributed by atoms with E-state index >= 15 is 0 Å². The number of hydrogen-bond donors (Lipinski definition) is 1. The number of methoxy groups -OCH3 is 1. The van der Waals surface area contributed by atoms with E-state index in [1.54, 1.807) is 7.11 Å². The van der Waals surface area contributed by atoms with Gasteiger partial charge >= 0.3 is 6.03 Å². The van der Waals surface area contributed by atoms with Crippen LogP contribution in [0.25, 0.3) is 0 Å². The number of carbonyl (C=O) groups excluding carboxylic acids is 1. The number of morpholine rings is 1.